The molecule has 0 aliphatic carbocycles. The van der Waals surface area contributed by atoms with E-state index in [0.717, 1.165) is 21.7 Å². The number of carbonyl (C=O) groups excluding carboxylic acids is 1. The van der Waals surface area contributed by atoms with E-state index < -0.39 is 32.6 Å². The van der Waals surface area contributed by atoms with E-state index in [2.05, 4.69) is 17.7 Å². The number of nitrogens with zero attached hydrogens (tertiary/aromatic N) is 4. The molecule has 11 heteroatoms. The lowest BCUT2D eigenvalue weighted by molar-refractivity contribution is -0.141. The molecule has 0 fully saturated rings. The second-order valence-corrected chi connectivity index (χ2v) is 10.4. The first-order valence-corrected chi connectivity index (χ1v) is 11.7. The van der Waals surface area contributed by atoms with Crippen LogP contribution in [0.25, 0.3) is 11.1 Å². The van der Waals surface area contributed by atoms with Gasteiger partial charge in [-0.1, -0.05) is 18.7 Å². The molecule has 4 rings (SSSR count). The fourth-order valence-corrected chi connectivity index (χ4v) is 8.11. The van der Waals surface area contributed by atoms with Crippen LogP contribution in [0.4, 0.5) is 17.6 Å². The van der Waals surface area contributed by atoms with Crippen LogP contribution in [-0.2, 0) is 24.1 Å². The number of alkyl halides is 3. The van der Waals surface area contributed by atoms with Crippen LogP contribution in [0.1, 0.15) is 22.4 Å². The van der Waals surface area contributed by atoms with Crippen molar-refractivity contribution in [2.45, 2.75) is 26.2 Å². The van der Waals surface area contributed by atoms with E-state index in [0.29, 0.717) is 10.1 Å². The van der Waals surface area contributed by atoms with Crippen LogP contribution in [0.15, 0.2) is 43.1 Å². The Kier molecular flexibility index (Phi) is 5.52. The van der Waals surface area contributed by atoms with Gasteiger partial charge in [-0.2, -0.15) is 23.5 Å². The van der Waals surface area contributed by atoms with Gasteiger partial charge < -0.3 is 4.57 Å². The Morgan fingerprint density at radius 2 is 2.16 bits per heavy atom. The maximum Gasteiger partial charge on any atom is 0.435 e. The van der Waals surface area contributed by atoms with Crippen molar-refractivity contribution < 1.29 is 22.4 Å². The maximum atomic E-state index is 15.2. The van der Waals surface area contributed by atoms with Gasteiger partial charge in [0.05, 0.1) is 0 Å². The summed E-state index contributed by atoms with van der Waals surface area (Å²) in [6.45, 7) is 5.51. The highest BCUT2D eigenvalue weighted by atomic mass is 32.1. The largest absolute Gasteiger partial charge is 0.435 e. The van der Waals surface area contributed by atoms with Gasteiger partial charge in [-0.25, -0.2) is 4.39 Å². The highest BCUT2D eigenvalue weighted by molar-refractivity contribution is 7.15. The standard InChI is InChI=1S/C21H15F4N4OSSi/c1-3-18(30)29-11-15-17(8-12(9-26)31-15)32(29)16-7-5-6-14(22)19(16)13-10-28(4-2)27-20(13)21(23,24)25/h3,5-8,10H,1,4,11H2,2H3. The number of hydrogen-bond donors (Lipinski definition) is 0. The van der Waals surface area contributed by atoms with Gasteiger partial charge in [0.1, 0.15) is 16.8 Å². The van der Waals surface area contributed by atoms with Crippen molar-refractivity contribution in [1.29, 1.82) is 5.26 Å². The summed E-state index contributed by atoms with van der Waals surface area (Å²) in [6, 6.07) is 7.74. The molecule has 32 heavy (non-hydrogen) atoms. The average Bonchev–Trinajstić information content (AvgIpc) is 3.44. The van der Waals surface area contributed by atoms with Crippen molar-refractivity contribution in [2.75, 3.05) is 0 Å². The zero-order valence-corrected chi connectivity index (χ0v) is 18.5. The third-order valence-corrected chi connectivity index (χ3v) is 9.09. The van der Waals surface area contributed by atoms with Crippen LogP contribution in [0, 0.1) is 17.1 Å². The molecule has 1 aliphatic heterocycles. The summed E-state index contributed by atoms with van der Waals surface area (Å²) in [5.41, 5.74) is -1.79. The zero-order valence-electron chi connectivity index (χ0n) is 16.7. The second kappa shape index (κ2) is 8.03. The Morgan fingerprint density at radius 1 is 1.41 bits per heavy atom. The molecule has 1 aliphatic rings. The average molecular weight is 476 g/mol. The van der Waals surface area contributed by atoms with E-state index in [1.807, 2.05) is 0 Å². The van der Waals surface area contributed by atoms with Crippen LogP contribution in [0.5, 0.6) is 0 Å². The first kappa shape index (κ1) is 22.0. The number of thiophene rings is 1. The number of halogens is 4. The van der Waals surface area contributed by atoms with Gasteiger partial charge in [0.15, 0.2) is 5.69 Å². The SMILES string of the molecule is C=CC(=O)N1Cc2sc(C#N)cc2[Si]1c1cccc(F)c1-c1cn(CC)nc1C(F)(F)F. The van der Waals surface area contributed by atoms with Crippen molar-refractivity contribution >= 4 is 36.6 Å². The summed E-state index contributed by atoms with van der Waals surface area (Å²) < 4.78 is 59.1. The minimum absolute atomic E-state index is 0.173. The van der Waals surface area contributed by atoms with Gasteiger partial charge >= 0.3 is 6.18 Å². The number of benzene rings is 1. The van der Waals surface area contributed by atoms with Gasteiger partial charge in [-0.15, -0.1) is 11.3 Å². The van der Waals surface area contributed by atoms with Gasteiger partial charge in [0.2, 0.25) is 14.9 Å². The molecule has 1 aromatic carbocycles. The topological polar surface area (TPSA) is 61.9 Å². The molecule has 0 bridgehead atoms. The van der Waals surface area contributed by atoms with Crippen LogP contribution >= 0.6 is 11.3 Å². The number of aromatic nitrogens is 2. The number of fused-ring (bicyclic) bond motifs is 1. The summed E-state index contributed by atoms with van der Waals surface area (Å²) in [4.78, 5) is 13.8. The molecule has 3 heterocycles. The molecule has 0 saturated heterocycles. The number of amides is 1. The number of aryl methyl sites for hydroxylation is 1. The van der Waals surface area contributed by atoms with E-state index in [4.69, 9.17) is 0 Å². The zero-order chi connectivity index (χ0) is 23.2. The van der Waals surface area contributed by atoms with E-state index in [-0.39, 0.29) is 29.4 Å². The Hall–Kier alpha value is -3.23. The third-order valence-electron chi connectivity index (χ3n) is 5.08. The molecule has 2 aromatic heterocycles. The van der Waals surface area contributed by atoms with Crippen molar-refractivity contribution in [3.05, 3.63) is 64.4 Å². The minimum atomic E-state index is -4.79. The summed E-state index contributed by atoms with van der Waals surface area (Å²) in [5, 5.41) is 13.9. The minimum Gasteiger partial charge on any atom is -0.352 e. The van der Waals surface area contributed by atoms with Gasteiger partial charge in [-0.05, 0) is 35.5 Å². The summed E-state index contributed by atoms with van der Waals surface area (Å²) >= 11 is 1.22. The normalized spacial score (nSPS) is 13.8. The van der Waals surface area contributed by atoms with Gasteiger partial charge in [-0.3, -0.25) is 9.48 Å². The van der Waals surface area contributed by atoms with E-state index >= 15 is 4.39 Å². The first-order chi connectivity index (χ1) is 15.2. The van der Waals surface area contributed by atoms with Gasteiger partial charge in [0, 0.05) is 35.3 Å². The number of carbonyl (C=O) groups is 1. The lowest BCUT2D eigenvalue weighted by Gasteiger charge is -2.25. The fourth-order valence-electron chi connectivity index (χ4n) is 3.73. The molecule has 0 saturated carbocycles. The molecule has 0 spiro atoms. The second-order valence-electron chi connectivity index (χ2n) is 6.94. The number of hydrogen-bond acceptors (Lipinski definition) is 4. The molecule has 3 aromatic rings. The van der Waals surface area contributed by atoms with E-state index in [1.54, 1.807) is 19.1 Å². The highest BCUT2D eigenvalue weighted by Gasteiger charge is 2.43. The molecule has 0 unspecified atom stereocenters. The van der Waals surface area contributed by atoms with Crippen molar-refractivity contribution in [1.82, 2.24) is 14.3 Å². The van der Waals surface area contributed by atoms with Crippen LogP contribution in [0.3, 0.4) is 0 Å². The van der Waals surface area contributed by atoms with Crippen molar-refractivity contribution in [3.8, 4) is 17.2 Å². The molecular weight excluding hydrogens is 460 g/mol. The molecule has 5 nitrogen and oxygen atoms in total. The number of nitriles is 1. The fraction of sp³-hybridized carbons (Fsp3) is 0.190. The Balaban J connectivity index is 1.99. The number of rotatable bonds is 4. The predicted octanol–water partition coefficient (Wildman–Crippen LogP) is 3.29. The quantitative estimate of drug-likeness (QED) is 0.331. The van der Waals surface area contributed by atoms with Crippen molar-refractivity contribution in [3.63, 3.8) is 0 Å². The maximum absolute atomic E-state index is 15.2. The monoisotopic (exact) mass is 475 g/mol. The lowest BCUT2D eigenvalue weighted by atomic mass is 10.1. The summed E-state index contributed by atoms with van der Waals surface area (Å²) in [5.74, 6) is -1.24. The summed E-state index contributed by atoms with van der Waals surface area (Å²) in [7, 11) is -2.22. The Labute approximate surface area is 186 Å². The van der Waals surface area contributed by atoms with Crippen LogP contribution < -0.4 is 10.4 Å². The molecule has 0 N–H and O–H groups in total. The Bertz CT molecular complexity index is 1270. The van der Waals surface area contributed by atoms with Crippen molar-refractivity contribution in [2.24, 2.45) is 0 Å². The molecule has 1 amide bonds. The van der Waals surface area contributed by atoms with E-state index in [9.17, 15) is 23.2 Å². The molecule has 163 valence electrons. The van der Waals surface area contributed by atoms with Crippen LogP contribution in [-0.4, -0.2) is 29.2 Å². The van der Waals surface area contributed by atoms with Gasteiger partial charge in [0.25, 0.3) is 0 Å². The predicted molar refractivity (Wildman–Crippen MR) is 113 cm³/mol. The first-order valence-electron chi connectivity index (χ1n) is 9.47. The highest BCUT2D eigenvalue weighted by Crippen LogP contribution is 2.37. The molecule has 0 atom stereocenters. The van der Waals surface area contributed by atoms with Crippen LogP contribution in [0.2, 0.25) is 0 Å². The summed E-state index contributed by atoms with van der Waals surface area (Å²) in [6.07, 6.45) is -2.49. The van der Waals surface area contributed by atoms with E-state index in [1.165, 1.54) is 28.2 Å². The molecule has 1 radical (unpaired) electrons. The molecular formula is C21H15F4N4OSSi. The Morgan fingerprint density at radius 3 is 2.78 bits per heavy atom. The smallest absolute Gasteiger partial charge is 0.352 e. The third kappa shape index (κ3) is 3.55. The lowest BCUT2D eigenvalue weighted by Crippen LogP contribution is -2.53.